The summed E-state index contributed by atoms with van der Waals surface area (Å²) in [6.45, 7) is 2.30. The minimum absolute atomic E-state index is 0.109. The maximum Gasteiger partial charge on any atom is 0.323 e. The lowest BCUT2D eigenvalue weighted by Gasteiger charge is -2.21. The Balaban J connectivity index is 2.21. The van der Waals surface area contributed by atoms with E-state index in [1.165, 1.54) is 0 Å². The Morgan fingerprint density at radius 1 is 1.30 bits per heavy atom. The third-order valence-electron chi connectivity index (χ3n) is 2.91. The second kappa shape index (κ2) is 6.48. The van der Waals surface area contributed by atoms with Crippen LogP contribution in [0.25, 0.3) is 0 Å². The van der Waals surface area contributed by atoms with Gasteiger partial charge in [-0.25, -0.2) is 0 Å². The highest BCUT2D eigenvalue weighted by Gasteiger charge is 2.13. The van der Waals surface area contributed by atoms with Gasteiger partial charge in [0.15, 0.2) is 0 Å². The van der Waals surface area contributed by atoms with Gasteiger partial charge in [-0.1, -0.05) is 24.6 Å². The van der Waals surface area contributed by atoms with Crippen LogP contribution in [-0.2, 0) is 17.8 Å². The van der Waals surface area contributed by atoms with Gasteiger partial charge < -0.3 is 14.4 Å². The highest BCUT2D eigenvalue weighted by molar-refractivity contribution is 6.30. The molecule has 5 heteroatoms. The Hall–Kier alpha value is -1.94. The molecule has 2 aromatic rings. The third kappa shape index (κ3) is 3.78. The molecule has 2 rings (SSSR count). The van der Waals surface area contributed by atoms with Gasteiger partial charge in [0.1, 0.15) is 18.1 Å². The predicted octanol–water partition coefficient (Wildman–Crippen LogP) is 3.59. The molecule has 0 aliphatic carbocycles. The number of nitrogens with zero attached hydrogens (tertiary/aromatic N) is 1. The molecule has 0 fully saturated rings. The zero-order valence-electron chi connectivity index (χ0n) is 11.2. The first-order chi connectivity index (χ1) is 9.58. The summed E-state index contributed by atoms with van der Waals surface area (Å²) in [6.07, 6.45) is 0.816. The number of carboxylic acid groups (broad SMARTS) is 1. The SMILES string of the molecule is CCc1ccc(CN(CC(=O)O)c2cccc(Cl)c2)o1. The van der Waals surface area contributed by atoms with E-state index in [-0.39, 0.29) is 6.54 Å². The Morgan fingerprint density at radius 3 is 2.65 bits per heavy atom. The van der Waals surface area contributed by atoms with E-state index in [9.17, 15) is 4.79 Å². The van der Waals surface area contributed by atoms with E-state index in [1.807, 2.05) is 25.1 Å². The van der Waals surface area contributed by atoms with Crippen LogP contribution < -0.4 is 4.90 Å². The van der Waals surface area contributed by atoms with Gasteiger partial charge in [0.25, 0.3) is 0 Å². The molecule has 0 saturated carbocycles. The van der Waals surface area contributed by atoms with Gasteiger partial charge in [-0.15, -0.1) is 0 Å². The summed E-state index contributed by atoms with van der Waals surface area (Å²) in [5.74, 6) is 0.733. The van der Waals surface area contributed by atoms with E-state index in [0.717, 1.165) is 23.6 Å². The zero-order chi connectivity index (χ0) is 14.5. The molecule has 106 valence electrons. The fourth-order valence-electron chi connectivity index (χ4n) is 1.96. The maximum atomic E-state index is 11.0. The number of rotatable bonds is 6. The van der Waals surface area contributed by atoms with Crippen LogP contribution in [0, 0.1) is 0 Å². The van der Waals surface area contributed by atoms with Crippen molar-refractivity contribution >= 4 is 23.3 Å². The molecular formula is C15H16ClNO3. The second-order valence-electron chi connectivity index (χ2n) is 4.45. The predicted molar refractivity (Wildman–Crippen MR) is 78.2 cm³/mol. The molecule has 0 radical (unpaired) electrons. The molecule has 1 heterocycles. The molecule has 1 N–H and O–H groups in total. The van der Waals surface area contributed by atoms with Crippen molar-refractivity contribution in [1.29, 1.82) is 0 Å². The molecule has 0 aliphatic rings. The van der Waals surface area contributed by atoms with Crippen LogP contribution in [0.2, 0.25) is 5.02 Å². The molecule has 0 saturated heterocycles. The van der Waals surface area contributed by atoms with E-state index < -0.39 is 5.97 Å². The molecule has 0 unspecified atom stereocenters. The average Bonchev–Trinajstić information content (AvgIpc) is 2.85. The van der Waals surface area contributed by atoms with Gasteiger partial charge >= 0.3 is 5.97 Å². The van der Waals surface area contributed by atoms with Crippen molar-refractivity contribution in [1.82, 2.24) is 0 Å². The van der Waals surface area contributed by atoms with Crippen molar-refractivity contribution in [2.45, 2.75) is 19.9 Å². The van der Waals surface area contributed by atoms with Gasteiger partial charge in [0.05, 0.1) is 6.54 Å². The van der Waals surface area contributed by atoms with Crippen molar-refractivity contribution in [3.05, 3.63) is 52.9 Å². The van der Waals surface area contributed by atoms with Crippen molar-refractivity contribution in [2.75, 3.05) is 11.4 Å². The minimum atomic E-state index is -0.896. The lowest BCUT2D eigenvalue weighted by molar-refractivity contribution is -0.135. The fourth-order valence-corrected chi connectivity index (χ4v) is 2.14. The fraction of sp³-hybridized carbons (Fsp3) is 0.267. The van der Waals surface area contributed by atoms with Crippen LogP contribution in [0.5, 0.6) is 0 Å². The first kappa shape index (κ1) is 14.5. The van der Waals surface area contributed by atoms with Crippen molar-refractivity contribution in [3.63, 3.8) is 0 Å². The van der Waals surface area contributed by atoms with Gasteiger partial charge in [-0.05, 0) is 30.3 Å². The van der Waals surface area contributed by atoms with Gasteiger partial charge in [-0.2, -0.15) is 0 Å². The monoisotopic (exact) mass is 293 g/mol. The standard InChI is InChI=1S/C15H16ClNO3/c1-2-13-6-7-14(20-13)9-17(10-15(18)19)12-5-3-4-11(16)8-12/h3-8H,2,9-10H2,1H3,(H,18,19). The molecule has 0 bridgehead atoms. The molecule has 0 aliphatic heterocycles. The lowest BCUT2D eigenvalue weighted by Crippen LogP contribution is -2.28. The van der Waals surface area contributed by atoms with Gasteiger partial charge in [-0.3, -0.25) is 4.79 Å². The normalized spacial score (nSPS) is 10.5. The van der Waals surface area contributed by atoms with E-state index in [1.54, 1.807) is 23.1 Å². The molecule has 20 heavy (non-hydrogen) atoms. The number of hydrogen-bond donors (Lipinski definition) is 1. The quantitative estimate of drug-likeness (QED) is 0.884. The highest BCUT2D eigenvalue weighted by atomic mass is 35.5. The topological polar surface area (TPSA) is 53.7 Å². The summed E-state index contributed by atoms with van der Waals surface area (Å²) >= 11 is 5.96. The van der Waals surface area contributed by atoms with Crippen LogP contribution in [0.1, 0.15) is 18.4 Å². The number of aryl methyl sites for hydroxylation is 1. The number of carboxylic acids is 1. The number of hydrogen-bond acceptors (Lipinski definition) is 3. The van der Waals surface area contributed by atoms with E-state index in [4.69, 9.17) is 21.1 Å². The molecule has 4 nitrogen and oxygen atoms in total. The summed E-state index contributed by atoms with van der Waals surface area (Å²) in [5, 5.41) is 9.61. The Labute approximate surface area is 122 Å². The number of halogens is 1. The second-order valence-corrected chi connectivity index (χ2v) is 4.89. The van der Waals surface area contributed by atoms with Crippen molar-refractivity contribution < 1.29 is 14.3 Å². The van der Waals surface area contributed by atoms with Crippen molar-refractivity contribution in [3.8, 4) is 0 Å². The van der Waals surface area contributed by atoms with Gasteiger partial charge in [0.2, 0.25) is 0 Å². The molecule has 0 spiro atoms. The Morgan fingerprint density at radius 2 is 2.05 bits per heavy atom. The highest BCUT2D eigenvalue weighted by Crippen LogP contribution is 2.22. The summed E-state index contributed by atoms with van der Waals surface area (Å²) in [4.78, 5) is 12.7. The summed E-state index contributed by atoms with van der Waals surface area (Å²) < 4.78 is 5.63. The third-order valence-corrected chi connectivity index (χ3v) is 3.15. The van der Waals surface area contributed by atoms with Crippen LogP contribution in [0.4, 0.5) is 5.69 Å². The number of carbonyl (C=O) groups is 1. The average molecular weight is 294 g/mol. The van der Waals surface area contributed by atoms with Crippen LogP contribution in [-0.4, -0.2) is 17.6 Å². The number of furan rings is 1. The number of benzene rings is 1. The van der Waals surface area contributed by atoms with E-state index in [0.29, 0.717) is 11.6 Å². The van der Waals surface area contributed by atoms with E-state index in [2.05, 4.69) is 0 Å². The number of aliphatic carboxylic acids is 1. The van der Waals surface area contributed by atoms with Crippen LogP contribution in [0.3, 0.4) is 0 Å². The van der Waals surface area contributed by atoms with Gasteiger partial charge in [0, 0.05) is 17.1 Å². The molecule has 0 amide bonds. The summed E-state index contributed by atoms with van der Waals surface area (Å²) in [6, 6.07) is 10.9. The molecule has 1 aromatic heterocycles. The maximum absolute atomic E-state index is 11.0. The largest absolute Gasteiger partial charge is 0.480 e. The van der Waals surface area contributed by atoms with Crippen LogP contribution >= 0.6 is 11.6 Å². The number of anilines is 1. The summed E-state index contributed by atoms with van der Waals surface area (Å²) in [7, 11) is 0. The molecular weight excluding hydrogens is 278 g/mol. The van der Waals surface area contributed by atoms with Crippen LogP contribution in [0.15, 0.2) is 40.8 Å². The lowest BCUT2D eigenvalue weighted by atomic mass is 10.2. The van der Waals surface area contributed by atoms with Crippen molar-refractivity contribution in [2.24, 2.45) is 0 Å². The first-order valence-corrected chi connectivity index (χ1v) is 6.76. The van der Waals surface area contributed by atoms with E-state index >= 15 is 0 Å². The Kier molecular flexibility index (Phi) is 4.69. The smallest absolute Gasteiger partial charge is 0.323 e. The zero-order valence-corrected chi connectivity index (χ0v) is 11.9. The molecule has 1 aromatic carbocycles. The summed E-state index contributed by atoms with van der Waals surface area (Å²) in [5.41, 5.74) is 0.759. The first-order valence-electron chi connectivity index (χ1n) is 6.38. The Bertz CT molecular complexity index is 594. The minimum Gasteiger partial charge on any atom is -0.480 e. The molecule has 0 atom stereocenters.